The van der Waals surface area contributed by atoms with E-state index in [1.54, 1.807) is 0 Å². The molecule has 0 aliphatic heterocycles. The van der Waals surface area contributed by atoms with Gasteiger partial charge in [0.2, 0.25) is 0 Å². The second kappa shape index (κ2) is 14.7. The van der Waals surface area contributed by atoms with Crippen molar-refractivity contribution in [3.8, 4) is 67.3 Å². The molecule has 1 aromatic heterocycles. The zero-order valence-electron chi connectivity index (χ0n) is 36.8. The van der Waals surface area contributed by atoms with Crippen molar-refractivity contribution < 1.29 is 0 Å². The molecule has 0 atom stereocenters. The minimum absolute atomic E-state index is 0.210. The standard InChI is InChI=1S/C64H44N2/c1-63(2)59-45-27-13-12-20-41(45)36-37-54(59)53-33-18-31-51(60(53)63)48-38-39-50(47-29-15-14-28-46(47)48)57-40-58(66-62(65-57)42-21-6-3-7-22-42)55-34-19-32-52-49-30-16-17-35-56(49)64(61(52)55,43-23-8-4-9-24-43)44-25-10-5-11-26-44/h3-40H,1-2H3. The van der Waals surface area contributed by atoms with E-state index in [9.17, 15) is 0 Å². The van der Waals surface area contributed by atoms with Crippen LogP contribution in [0.3, 0.4) is 0 Å². The van der Waals surface area contributed by atoms with Gasteiger partial charge in [0.1, 0.15) is 0 Å². The van der Waals surface area contributed by atoms with Crippen LogP contribution < -0.4 is 0 Å². The molecule has 0 unspecified atom stereocenters. The van der Waals surface area contributed by atoms with Gasteiger partial charge in [0.15, 0.2) is 5.82 Å². The molecule has 0 fully saturated rings. The molecule has 0 saturated carbocycles. The summed E-state index contributed by atoms with van der Waals surface area (Å²) in [7, 11) is 0. The van der Waals surface area contributed by atoms with Crippen molar-refractivity contribution in [2.45, 2.75) is 24.7 Å². The maximum Gasteiger partial charge on any atom is 0.160 e. The Hall–Kier alpha value is -8.20. The van der Waals surface area contributed by atoms with Crippen molar-refractivity contribution in [3.63, 3.8) is 0 Å². The van der Waals surface area contributed by atoms with Gasteiger partial charge in [-0.15, -0.1) is 0 Å². The van der Waals surface area contributed by atoms with Crippen LogP contribution in [0.5, 0.6) is 0 Å². The first-order chi connectivity index (χ1) is 32.5. The fraction of sp³-hybridized carbons (Fsp3) is 0.0625. The molecule has 10 aromatic carbocycles. The molecular formula is C64H44N2. The number of hydrogen-bond donors (Lipinski definition) is 0. The largest absolute Gasteiger partial charge is 0.228 e. The lowest BCUT2D eigenvalue weighted by Crippen LogP contribution is -2.29. The monoisotopic (exact) mass is 840 g/mol. The van der Waals surface area contributed by atoms with Gasteiger partial charge in [-0.25, -0.2) is 9.97 Å². The lowest BCUT2D eigenvalue weighted by molar-refractivity contribution is 0.668. The van der Waals surface area contributed by atoms with Crippen molar-refractivity contribution in [2.75, 3.05) is 0 Å². The van der Waals surface area contributed by atoms with E-state index < -0.39 is 5.41 Å². The Morgan fingerprint density at radius 1 is 0.318 bits per heavy atom. The first-order valence-corrected chi connectivity index (χ1v) is 23.0. The van der Waals surface area contributed by atoms with Crippen LogP contribution in [0.1, 0.15) is 47.2 Å². The highest BCUT2D eigenvalue weighted by molar-refractivity contribution is 6.08. The zero-order chi connectivity index (χ0) is 44.0. The first kappa shape index (κ1) is 38.3. The SMILES string of the molecule is CC1(C)c2c(cccc2-c2ccc(-c3cc(-c4cccc5c4C(c4ccccc4)(c4ccccc4)c4ccccc4-5)nc(-c4ccccc4)n3)c3ccccc23)-c2ccc3ccccc3c21. The van der Waals surface area contributed by atoms with Crippen LogP contribution in [-0.2, 0) is 10.8 Å². The van der Waals surface area contributed by atoms with Crippen LogP contribution in [0.2, 0.25) is 0 Å². The van der Waals surface area contributed by atoms with Gasteiger partial charge in [-0.1, -0.05) is 238 Å². The Balaban J connectivity index is 1.05. The average molecular weight is 841 g/mol. The van der Waals surface area contributed by atoms with Crippen LogP contribution in [0, 0.1) is 0 Å². The lowest BCUT2D eigenvalue weighted by atomic mass is 9.66. The van der Waals surface area contributed by atoms with Gasteiger partial charge >= 0.3 is 0 Å². The topological polar surface area (TPSA) is 25.8 Å². The normalized spacial score (nSPS) is 13.8. The molecule has 0 amide bonds. The van der Waals surface area contributed by atoms with Gasteiger partial charge in [0, 0.05) is 22.1 Å². The lowest BCUT2D eigenvalue weighted by Gasteiger charge is -2.35. The van der Waals surface area contributed by atoms with Gasteiger partial charge in [0.05, 0.1) is 16.8 Å². The van der Waals surface area contributed by atoms with Crippen molar-refractivity contribution in [2.24, 2.45) is 0 Å². The van der Waals surface area contributed by atoms with E-state index in [-0.39, 0.29) is 5.41 Å². The Kier molecular flexibility index (Phi) is 8.51. The number of hydrogen-bond acceptors (Lipinski definition) is 2. The molecule has 2 aliphatic rings. The van der Waals surface area contributed by atoms with E-state index in [1.807, 2.05) is 0 Å². The number of nitrogens with zero attached hydrogens (tertiary/aromatic N) is 2. The Bertz CT molecular complexity index is 3680. The number of benzene rings is 10. The van der Waals surface area contributed by atoms with E-state index in [0.717, 1.165) is 33.5 Å². The van der Waals surface area contributed by atoms with Gasteiger partial charge in [-0.05, 0) is 94.4 Å². The van der Waals surface area contributed by atoms with Crippen LogP contribution >= 0.6 is 0 Å². The molecule has 0 saturated heterocycles. The summed E-state index contributed by atoms with van der Waals surface area (Å²) in [6.07, 6.45) is 0. The fourth-order valence-electron chi connectivity index (χ4n) is 11.9. The molecule has 1 heterocycles. The Morgan fingerprint density at radius 2 is 0.788 bits per heavy atom. The minimum Gasteiger partial charge on any atom is -0.228 e. The van der Waals surface area contributed by atoms with Gasteiger partial charge in [0.25, 0.3) is 0 Å². The molecule has 13 rings (SSSR count). The zero-order valence-corrected chi connectivity index (χ0v) is 36.8. The third-order valence-corrected chi connectivity index (χ3v) is 14.5. The molecule has 2 heteroatoms. The number of rotatable bonds is 6. The van der Waals surface area contributed by atoms with Gasteiger partial charge in [-0.2, -0.15) is 0 Å². The second-order valence-electron chi connectivity index (χ2n) is 18.4. The summed E-state index contributed by atoms with van der Waals surface area (Å²) in [5.41, 5.74) is 19.5. The van der Waals surface area contributed by atoms with Gasteiger partial charge < -0.3 is 0 Å². The Labute approximate surface area is 385 Å². The fourth-order valence-corrected chi connectivity index (χ4v) is 11.9. The summed E-state index contributed by atoms with van der Waals surface area (Å²) in [4.78, 5) is 11.0. The Morgan fingerprint density at radius 3 is 1.48 bits per heavy atom. The average Bonchev–Trinajstić information content (AvgIpc) is 3.83. The summed E-state index contributed by atoms with van der Waals surface area (Å²) < 4.78 is 0. The minimum atomic E-state index is -0.590. The van der Waals surface area contributed by atoms with Crippen LogP contribution in [0.25, 0.3) is 88.8 Å². The summed E-state index contributed by atoms with van der Waals surface area (Å²) in [6.45, 7) is 4.81. The predicted molar refractivity (Wildman–Crippen MR) is 274 cm³/mol. The third-order valence-electron chi connectivity index (χ3n) is 14.5. The number of fused-ring (bicyclic) bond motifs is 9. The highest BCUT2D eigenvalue weighted by atomic mass is 14.9. The summed E-state index contributed by atoms with van der Waals surface area (Å²) in [5, 5.41) is 4.96. The van der Waals surface area contributed by atoms with Crippen molar-refractivity contribution in [3.05, 3.63) is 264 Å². The van der Waals surface area contributed by atoms with Gasteiger partial charge in [-0.3, -0.25) is 0 Å². The quantitative estimate of drug-likeness (QED) is 0.167. The number of aromatic nitrogens is 2. The smallest absolute Gasteiger partial charge is 0.160 e. The summed E-state index contributed by atoms with van der Waals surface area (Å²) in [6, 6.07) is 84.2. The highest BCUT2D eigenvalue weighted by Crippen LogP contribution is 2.59. The molecule has 2 nitrogen and oxygen atoms in total. The van der Waals surface area contributed by atoms with Crippen LogP contribution in [0.4, 0.5) is 0 Å². The summed E-state index contributed by atoms with van der Waals surface area (Å²) >= 11 is 0. The predicted octanol–water partition coefficient (Wildman–Crippen LogP) is 16.1. The van der Waals surface area contributed by atoms with E-state index in [0.29, 0.717) is 5.82 Å². The van der Waals surface area contributed by atoms with Crippen molar-refractivity contribution in [1.29, 1.82) is 0 Å². The molecule has 0 N–H and O–H groups in total. The molecule has 0 spiro atoms. The highest BCUT2D eigenvalue weighted by Gasteiger charge is 2.48. The van der Waals surface area contributed by atoms with E-state index in [4.69, 9.17) is 9.97 Å². The third kappa shape index (κ3) is 5.48. The second-order valence-corrected chi connectivity index (χ2v) is 18.4. The molecule has 0 bridgehead atoms. The molecule has 310 valence electrons. The van der Waals surface area contributed by atoms with Crippen LogP contribution in [-0.4, -0.2) is 9.97 Å². The first-order valence-electron chi connectivity index (χ1n) is 23.0. The maximum atomic E-state index is 5.52. The van der Waals surface area contributed by atoms with Crippen molar-refractivity contribution >= 4 is 21.5 Å². The molecule has 66 heavy (non-hydrogen) atoms. The molecular weight excluding hydrogens is 797 g/mol. The maximum absolute atomic E-state index is 5.52. The summed E-state index contributed by atoms with van der Waals surface area (Å²) in [5.74, 6) is 0.696. The molecule has 11 aromatic rings. The van der Waals surface area contributed by atoms with E-state index in [2.05, 4.69) is 244 Å². The van der Waals surface area contributed by atoms with Crippen molar-refractivity contribution in [1.82, 2.24) is 9.97 Å². The van der Waals surface area contributed by atoms with E-state index in [1.165, 1.54) is 82.9 Å². The molecule has 2 aliphatic carbocycles. The van der Waals surface area contributed by atoms with E-state index >= 15 is 0 Å². The van der Waals surface area contributed by atoms with Crippen LogP contribution in [0.15, 0.2) is 231 Å². The molecule has 0 radical (unpaired) electrons.